The molecule has 1 saturated carbocycles. The minimum atomic E-state index is -0.247. The van der Waals surface area contributed by atoms with Crippen molar-refractivity contribution in [2.75, 3.05) is 25.0 Å². The number of carbonyl (C=O) groups excluding carboxylic acids is 1. The lowest BCUT2D eigenvalue weighted by molar-refractivity contribution is 0.0485. The maximum absolute atomic E-state index is 13.3. The summed E-state index contributed by atoms with van der Waals surface area (Å²) in [5, 5.41) is 5.64. The van der Waals surface area contributed by atoms with Crippen molar-refractivity contribution in [3.05, 3.63) is 65.5 Å². The Hall–Kier alpha value is -2.99. The third-order valence-corrected chi connectivity index (χ3v) is 6.55. The zero-order valence-corrected chi connectivity index (χ0v) is 16.8. The van der Waals surface area contributed by atoms with Crippen LogP contribution in [0.1, 0.15) is 40.9 Å². The highest BCUT2D eigenvalue weighted by Gasteiger charge is 2.46. The molecule has 2 aliphatic heterocycles. The first kappa shape index (κ1) is 17.8. The number of benzene rings is 2. The van der Waals surface area contributed by atoms with Crippen LogP contribution < -0.4 is 5.32 Å². The van der Waals surface area contributed by atoms with Crippen LogP contribution in [0.15, 0.2) is 48.7 Å². The summed E-state index contributed by atoms with van der Waals surface area (Å²) in [7, 11) is 0. The molecule has 6 rings (SSSR count). The summed E-state index contributed by atoms with van der Waals surface area (Å²) in [6.45, 7) is 2.48. The summed E-state index contributed by atoms with van der Waals surface area (Å²) >= 11 is 0. The van der Waals surface area contributed by atoms with Gasteiger partial charge in [0, 0.05) is 36.5 Å². The second kappa shape index (κ2) is 6.77. The molecule has 3 aromatic rings. The van der Waals surface area contributed by atoms with E-state index in [1.807, 2.05) is 47.5 Å². The molecule has 30 heavy (non-hydrogen) atoms. The van der Waals surface area contributed by atoms with E-state index in [0.717, 1.165) is 34.0 Å². The van der Waals surface area contributed by atoms with Crippen LogP contribution in [0, 0.1) is 0 Å². The molecule has 3 heterocycles. The predicted octanol–water partition coefficient (Wildman–Crippen LogP) is 3.52. The summed E-state index contributed by atoms with van der Waals surface area (Å²) < 4.78 is 5.92. The van der Waals surface area contributed by atoms with Gasteiger partial charge in [0.2, 0.25) is 5.95 Å². The van der Waals surface area contributed by atoms with E-state index in [1.54, 1.807) is 0 Å². The highest BCUT2D eigenvalue weighted by atomic mass is 16.5. The van der Waals surface area contributed by atoms with E-state index in [-0.39, 0.29) is 11.3 Å². The summed E-state index contributed by atoms with van der Waals surface area (Å²) in [5.41, 5.74) is 2.59. The van der Waals surface area contributed by atoms with E-state index in [0.29, 0.717) is 38.3 Å². The van der Waals surface area contributed by atoms with Gasteiger partial charge in [-0.25, -0.2) is 9.97 Å². The lowest BCUT2D eigenvalue weighted by Crippen LogP contribution is -2.41. The van der Waals surface area contributed by atoms with Crippen molar-refractivity contribution in [3.8, 4) is 0 Å². The van der Waals surface area contributed by atoms with Crippen molar-refractivity contribution >= 4 is 22.6 Å². The van der Waals surface area contributed by atoms with Gasteiger partial charge < -0.3 is 15.0 Å². The number of hydrogen-bond donors (Lipinski definition) is 1. The Balaban J connectivity index is 1.28. The third-order valence-electron chi connectivity index (χ3n) is 6.55. The Bertz CT molecular complexity index is 1140. The lowest BCUT2D eigenvalue weighted by atomic mass is 9.80. The maximum Gasteiger partial charge on any atom is 0.253 e. The number of likely N-dealkylation sites (tertiary alicyclic amines) is 1. The van der Waals surface area contributed by atoms with Crippen molar-refractivity contribution in [1.29, 1.82) is 0 Å². The van der Waals surface area contributed by atoms with Gasteiger partial charge in [-0.15, -0.1) is 0 Å². The van der Waals surface area contributed by atoms with Gasteiger partial charge in [0.25, 0.3) is 5.91 Å². The number of nitrogens with one attached hydrogen (secondary N) is 1. The Labute approximate surface area is 175 Å². The second-order valence-corrected chi connectivity index (χ2v) is 8.80. The van der Waals surface area contributed by atoms with Crippen molar-refractivity contribution in [1.82, 2.24) is 14.9 Å². The number of aromatic nitrogens is 2. The minimum absolute atomic E-state index is 0.0788. The molecular weight excluding hydrogens is 376 g/mol. The van der Waals surface area contributed by atoms with E-state index in [2.05, 4.69) is 16.4 Å². The molecule has 2 fully saturated rings. The van der Waals surface area contributed by atoms with E-state index in [1.165, 1.54) is 12.8 Å². The summed E-state index contributed by atoms with van der Waals surface area (Å²) in [5.74, 6) is 0.784. The zero-order valence-electron chi connectivity index (χ0n) is 16.8. The van der Waals surface area contributed by atoms with Crippen LogP contribution in [0.4, 0.5) is 5.95 Å². The largest absolute Gasteiger partial charge is 0.376 e. The molecule has 6 nitrogen and oxygen atoms in total. The molecule has 1 saturated heterocycles. The van der Waals surface area contributed by atoms with E-state index >= 15 is 0 Å². The zero-order chi connectivity index (χ0) is 20.1. The van der Waals surface area contributed by atoms with Crippen LogP contribution in [0.25, 0.3) is 10.8 Å². The van der Waals surface area contributed by atoms with Gasteiger partial charge in [-0.3, -0.25) is 4.79 Å². The quantitative estimate of drug-likeness (QED) is 0.729. The van der Waals surface area contributed by atoms with Gasteiger partial charge in [-0.1, -0.05) is 30.3 Å². The first-order chi connectivity index (χ1) is 14.7. The Morgan fingerprint density at radius 1 is 1.17 bits per heavy atom. The van der Waals surface area contributed by atoms with Gasteiger partial charge in [-0.2, -0.15) is 0 Å². The number of nitrogens with zero attached hydrogens (tertiary/aromatic N) is 3. The van der Waals surface area contributed by atoms with Gasteiger partial charge in [0.15, 0.2) is 0 Å². The summed E-state index contributed by atoms with van der Waals surface area (Å²) in [6, 6.07) is 14.6. The van der Waals surface area contributed by atoms with E-state index in [9.17, 15) is 4.79 Å². The number of ether oxygens (including phenoxy) is 1. The standard InChI is InChI=1S/C24H24N4O2/c29-22(18-6-5-16-3-1-2-4-17(16)11-18)28-10-9-24(14-28)15-30-13-19-12-25-23(27-21(19)24)26-20-7-8-20/h1-6,11-12,20H,7-10,13-15H2,(H,25,26,27)/t24-/m1/s1. The first-order valence-electron chi connectivity index (χ1n) is 10.7. The van der Waals surface area contributed by atoms with Crippen LogP contribution in [0.2, 0.25) is 0 Å². The third kappa shape index (κ3) is 3.03. The predicted molar refractivity (Wildman–Crippen MR) is 114 cm³/mol. The molecule has 1 atom stereocenters. The molecule has 3 aliphatic rings. The molecule has 1 aliphatic carbocycles. The van der Waals surface area contributed by atoms with Crippen molar-refractivity contribution in [2.45, 2.75) is 37.3 Å². The van der Waals surface area contributed by atoms with Gasteiger partial charge in [-0.05, 0) is 42.2 Å². The molecule has 0 bridgehead atoms. The van der Waals surface area contributed by atoms with Gasteiger partial charge >= 0.3 is 0 Å². The first-order valence-corrected chi connectivity index (χ1v) is 10.7. The number of amides is 1. The molecule has 2 aromatic carbocycles. The lowest BCUT2D eigenvalue weighted by Gasteiger charge is -2.34. The summed E-state index contributed by atoms with van der Waals surface area (Å²) in [4.78, 5) is 24.6. The van der Waals surface area contributed by atoms with Crippen LogP contribution >= 0.6 is 0 Å². The number of hydrogen-bond acceptors (Lipinski definition) is 5. The average molecular weight is 400 g/mol. The Kier molecular flexibility index (Phi) is 4.03. The number of rotatable bonds is 3. The number of anilines is 1. The van der Waals surface area contributed by atoms with Crippen molar-refractivity contribution < 1.29 is 9.53 Å². The fraction of sp³-hybridized carbons (Fsp3) is 0.375. The monoisotopic (exact) mass is 400 g/mol. The molecule has 1 N–H and O–H groups in total. The SMILES string of the molecule is O=C(c1ccc2ccccc2c1)N1CC[C@]2(COCc3cnc(NC4CC4)nc32)C1. The van der Waals surface area contributed by atoms with Crippen LogP contribution in [-0.4, -0.2) is 46.5 Å². The highest BCUT2D eigenvalue weighted by Crippen LogP contribution is 2.40. The number of fused-ring (bicyclic) bond motifs is 3. The Morgan fingerprint density at radius 2 is 2.03 bits per heavy atom. The fourth-order valence-electron chi connectivity index (χ4n) is 4.74. The van der Waals surface area contributed by atoms with Crippen LogP contribution in [0.5, 0.6) is 0 Å². The molecular formula is C24H24N4O2. The van der Waals surface area contributed by atoms with Crippen molar-refractivity contribution in [3.63, 3.8) is 0 Å². The summed E-state index contributed by atoms with van der Waals surface area (Å²) in [6.07, 6.45) is 5.12. The minimum Gasteiger partial charge on any atom is -0.376 e. The number of carbonyl (C=O) groups is 1. The molecule has 1 spiro atoms. The normalized spacial score (nSPS) is 23.0. The fourth-order valence-corrected chi connectivity index (χ4v) is 4.74. The molecule has 6 heteroatoms. The van der Waals surface area contributed by atoms with E-state index in [4.69, 9.17) is 9.72 Å². The smallest absolute Gasteiger partial charge is 0.253 e. The molecule has 0 radical (unpaired) electrons. The topological polar surface area (TPSA) is 67.4 Å². The molecule has 152 valence electrons. The Morgan fingerprint density at radius 3 is 2.90 bits per heavy atom. The maximum atomic E-state index is 13.3. The van der Waals surface area contributed by atoms with E-state index < -0.39 is 0 Å². The molecule has 0 unspecified atom stereocenters. The molecule has 1 aromatic heterocycles. The van der Waals surface area contributed by atoms with Crippen LogP contribution in [0.3, 0.4) is 0 Å². The van der Waals surface area contributed by atoms with Gasteiger partial charge in [0.1, 0.15) is 0 Å². The highest BCUT2D eigenvalue weighted by molar-refractivity contribution is 5.98. The second-order valence-electron chi connectivity index (χ2n) is 8.80. The van der Waals surface area contributed by atoms with Crippen LogP contribution in [-0.2, 0) is 16.8 Å². The van der Waals surface area contributed by atoms with Gasteiger partial charge in [0.05, 0.1) is 24.3 Å². The molecule has 1 amide bonds. The average Bonchev–Trinajstić information content (AvgIpc) is 3.50. The van der Waals surface area contributed by atoms with Crippen molar-refractivity contribution in [2.24, 2.45) is 0 Å².